The highest BCUT2D eigenvalue weighted by Crippen LogP contribution is 2.43. The van der Waals surface area contributed by atoms with Crippen LogP contribution in [-0.4, -0.2) is 47.5 Å². The molecular formula is C28H34ClF2N3O5S. The van der Waals surface area contributed by atoms with E-state index in [4.69, 9.17) is 16.3 Å². The zero-order valence-corrected chi connectivity index (χ0v) is 23.8. The number of rotatable bonds is 13. The van der Waals surface area contributed by atoms with Gasteiger partial charge in [-0.3, -0.25) is 14.3 Å². The molecule has 1 saturated heterocycles. The van der Waals surface area contributed by atoms with Gasteiger partial charge in [-0.2, -0.15) is 8.78 Å². The van der Waals surface area contributed by atoms with E-state index in [1.54, 1.807) is 18.2 Å². The summed E-state index contributed by atoms with van der Waals surface area (Å²) in [6.07, 6.45) is -1.88. The van der Waals surface area contributed by atoms with Gasteiger partial charge >= 0.3 is 12.0 Å². The fraction of sp³-hybridized carbons (Fsp3) is 0.464. The molecule has 1 heterocycles. The van der Waals surface area contributed by atoms with Crippen molar-refractivity contribution >= 4 is 41.5 Å². The normalized spacial score (nSPS) is 17.6. The Labute approximate surface area is 241 Å². The first-order valence-corrected chi connectivity index (χ1v) is 14.3. The van der Waals surface area contributed by atoms with E-state index < -0.39 is 40.9 Å². The van der Waals surface area contributed by atoms with E-state index in [0.29, 0.717) is 19.4 Å². The molecule has 1 aliphatic rings. The third-order valence-corrected chi connectivity index (χ3v) is 7.64. The maximum Gasteiger partial charge on any atom is 0.418 e. The second kappa shape index (κ2) is 14.7. The third-order valence-electron chi connectivity index (χ3n) is 6.43. The number of hydrogen-bond donors (Lipinski definition) is 4. The Morgan fingerprint density at radius 3 is 2.52 bits per heavy atom. The van der Waals surface area contributed by atoms with Gasteiger partial charge in [-0.25, -0.2) is 4.79 Å². The van der Waals surface area contributed by atoms with Gasteiger partial charge in [-0.05, 0) is 54.8 Å². The molecule has 0 aromatic heterocycles. The lowest BCUT2D eigenvalue weighted by molar-refractivity contribution is -0.125. The van der Waals surface area contributed by atoms with Crippen molar-refractivity contribution in [2.45, 2.75) is 56.4 Å². The van der Waals surface area contributed by atoms with Gasteiger partial charge in [-0.15, -0.1) is 0 Å². The minimum absolute atomic E-state index is 0.0542. The molecule has 218 valence electrons. The maximum absolute atomic E-state index is 15.6. The molecule has 0 aliphatic carbocycles. The summed E-state index contributed by atoms with van der Waals surface area (Å²) in [5.74, 6) is -4.45. The number of aliphatic hydroxyl groups is 1. The number of ether oxygens (including phenoxy) is 1. The second-order valence-corrected chi connectivity index (χ2v) is 11.5. The molecule has 3 amide bonds. The van der Waals surface area contributed by atoms with Crippen molar-refractivity contribution in [1.29, 1.82) is 0 Å². The van der Waals surface area contributed by atoms with Gasteiger partial charge in [0.25, 0.3) is 0 Å². The Balaban J connectivity index is 1.69. The summed E-state index contributed by atoms with van der Waals surface area (Å²) in [5, 5.41) is 14.6. The quantitative estimate of drug-likeness (QED) is 0.242. The van der Waals surface area contributed by atoms with Crippen LogP contribution in [0.15, 0.2) is 54.6 Å². The summed E-state index contributed by atoms with van der Waals surface area (Å²) in [4.78, 5) is 37.8. The van der Waals surface area contributed by atoms with Crippen LogP contribution in [0.2, 0.25) is 5.02 Å². The van der Waals surface area contributed by atoms with E-state index in [1.807, 2.05) is 13.8 Å². The number of amides is 3. The van der Waals surface area contributed by atoms with Gasteiger partial charge < -0.3 is 20.5 Å². The molecular weight excluding hydrogens is 564 g/mol. The second-order valence-electron chi connectivity index (χ2n) is 10.1. The molecule has 40 heavy (non-hydrogen) atoms. The molecule has 2 aromatic rings. The van der Waals surface area contributed by atoms with Crippen LogP contribution in [0.4, 0.5) is 13.6 Å². The number of hydrogen-bond acceptors (Lipinski definition) is 6. The Morgan fingerprint density at radius 2 is 1.93 bits per heavy atom. The molecule has 0 spiro atoms. The number of carbonyl (C=O) groups is 3. The molecule has 1 fully saturated rings. The third kappa shape index (κ3) is 8.81. The number of nitrogens with one attached hydrogen (secondary N) is 3. The molecule has 0 radical (unpaired) electrons. The molecule has 4 N–H and O–H groups in total. The van der Waals surface area contributed by atoms with E-state index >= 15 is 8.78 Å². The van der Waals surface area contributed by atoms with E-state index in [0.717, 1.165) is 18.0 Å². The van der Waals surface area contributed by atoms with Crippen molar-refractivity contribution in [2.75, 3.05) is 13.2 Å². The summed E-state index contributed by atoms with van der Waals surface area (Å²) in [6, 6.07) is 12.1. The first-order valence-electron chi connectivity index (χ1n) is 13.0. The first-order chi connectivity index (χ1) is 19.0. The average molecular weight is 598 g/mol. The first kappa shape index (κ1) is 31.6. The fourth-order valence-electron chi connectivity index (χ4n) is 4.40. The SMILES string of the molecule is CC(C)C[C@H](SNC(=O)OC(c1ccccc1)C(F)(F)c1cccc(Cl)c1)C(=O)N[C@H](CO)C[C@@H]1CCNC1=O. The van der Waals surface area contributed by atoms with Crippen molar-refractivity contribution in [1.82, 2.24) is 15.4 Å². The predicted molar refractivity (Wildman–Crippen MR) is 150 cm³/mol. The highest BCUT2D eigenvalue weighted by Gasteiger charge is 2.45. The highest BCUT2D eigenvalue weighted by atomic mass is 35.5. The van der Waals surface area contributed by atoms with Gasteiger partial charge in [0.2, 0.25) is 11.8 Å². The highest BCUT2D eigenvalue weighted by molar-refractivity contribution is 7.99. The number of aliphatic hydroxyl groups excluding tert-OH is 1. The van der Waals surface area contributed by atoms with Crippen LogP contribution >= 0.6 is 23.5 Å². The summed E-state index contributed by atoms with van der Waals surface area (Å²) >= 11 is 6.68. The topological polar surface area (TPSA) is 117 Å². The molecule has 1 aliphatic heterocycles. The van der Waals surface area contributed by atoms with Gasteiger partial charge in [0.15, 0.2) is 6.10 Å². The average Bonchev–Trinajstić information content (AvgIpc) is 3.33. The monoisotopic (exact) mass is 597 g/mol. The van der Waals surface area contributed by atoms with E-state index in [2.05, 4.69) is 15.4 Å². The molecule has 8 nitrogen and oxygen atoms in total. The van der Waals surface area contributed by atoms with Crippen molar-refractivity contribution in [3.05, 3.63) is 70.7 Å². The van der Waals surface area contributed by atoms with Crippen molar-refractivity contribution in [3.8, 4) is 0 Å². The van der Waals surface area contributed by atoms with Crippen molar-refractivity contribution in [3.63, 3.8) is 0 Å². The lowest BCUT2D eigenvalue weighted by atomic mass is 9.97. The van der Waals surface area contributed by atoms with Gasteiger partial charge in [0.1, 0.15) is 5.25 Å². The number of carbonyl (C=O) groups excluding carboxylic acids is 3. The van der Waals surface area contributed by atoms with Crippen LogP contribution in [0, 0.1) is 11.8 Å². The summed E-state index contributed by atoms with van der Waals surface area (Å²) in [5.41, 5.74) is -0.344. The minimum Gasteiger partial charge on any atom is -0.434 e. The number of alkyl halides is 2. The molecule has 1 unspecified atom stereocenters. The Kier molecular flexibility index (Phi) is 11.6. The van der Waals surface area contributed by atoms with Crippen molar-refractivity contribution < 1.29 is 33.0 Å². The number of halogens is 3. The molecule has 0 bridgehead atoms. The van der Waals surface area contributed by atoms with Gasteiger partial charge in [-0.1, -0.05) is 67.9 Å². The lowest BCUT2D eigenvalue weighted by Gasteiger charge is -2.28. The van der Waals surface area contributed by atoms with Crippen LogP contribution in [-0.2, 0) is 20.2 Å². The van der Waals surface area contributed by atoms with Crippen LogP contribution in [0.1, 0.15) is 50.3 Å². The zero-order chi connectivity index (χ0) is 29.3. The van der Waals surface area contributed by atoms with E-state index in [-0.39, 0.29) is 41.4 Å². The van der Waals surface area contributed by atoms with E-state index in [1.165, 1.54) is 30.3 Å². The Hall–Kier alpha value is -2.89. The summed E-state index contributed by atoms with van der Waals surface area (Å²) < 4.78 is 38.9. The summed E-state index contributed by atoms with van der Waals surface area (Å²) in [7, 11) is 0. The van der Waals surface area contributed by atoms with Gasteiger partial charge in [0.05, 0.1) is 12.6 Å². The lowest BCUT2D eigenvalue weighted by Crippen LogP contribution is -2.45. The van der Waals surface area contributed by atoms with Crippen LogP contribution in [0.3, 0.4) is 0 Å². The minimum atomic E-state index is -3.62. The Morgan fingerprint density at radius 1 is 1.20 bits per heavy atom. The number of benzene rings is 2. The van der Waals surface area contributed by atoms with Crippen LogP contribution < -0.4 is 15.4 Å². The summed E-state index contributed by atoms with van der Waals surface area (Å²) in [6.45, 7) is 3.97. The predicted octanol–water partition coefficient (Wildman–Crippen LogP) is 4.97. The fourth-order valence-corrected chi connectivity index (χ4v) is 5.53. The molecule has 0 saturated carbocycles. The van der Waals surface area contributed by atoms with Crippen molar-refractivity contribution in [2.24, 2.45) is 11.8 Å². The standard InChI is InChI=1S/C28H34ClF2N3O5S/c1-17(2)13-23(26(37)33-22(16-35)14-19-11-12-32-25(19)36)40-34-27(38)39-24(18-7-4-3-5-8-18)28(30,31)20-9-6-10-21(29)15-20/h3-10,15,17,19,22-24,35H,11-14,16H2,1-2H3,(H,32,36)(H,33,37)(H,34,38)/t19-,22-,23-,24?/m0/s1. The molecule has 12 heteroatoms. The molecule has 3 rings (SSSR count). The molecule has 4 atom stereocenters. The Bertz CT molecular complexity index is 1160. The van der Waals surface area contributed by atoms with E-state index in [9.17, 15) is 19.5 Å². The maximum atomic E-state index is 15.6. The van der Waals surface area contributed by atoms with Crippen LogP contribution in [0.5, 0.6) is 0 Å². The largest absolute Gasteiger partial charge is 0.434 e. The van der Waals surface area contributed by atoms with Crippen LogP contribution in [0.25, 0.3) is 0 Å². The zero-order valence-electron chi connectivity index (χ0n) is 22.2. The molecule has 2 aromatic carbocycles. The smallest absolute Gasteiger partial charge is 0.418 e. The van der Waals surface area contributed by atoms with Gasteiger partial charge in [0, 0.05) is 23.0 Å².